The fourth-order valence-electron chi connectivity index (χ4n) is 6.48. The minimum Gasteiger partial charge on any atom is -0.493 e. The summed E-state index contributed by atoms with van der Waals surface area (Å²) in [4.78, 5) is 22.2. The first-order valence-electron chi connectivity index (χ1n) is 14.3. The fraction of sp³-hybridized carbons (Fsp3) is 0.548. The van der Waals surface area contributed by atoms with Crippen molar-refractivity contribution in [2.24, 2.45) is 10.6 Å². The van der Waals surface area contributed by atoms with Gasteiger partial charge in [0.15, 0.2) is 5.60 Å². The number of nitrogens with zero attached hydrogens (tertiary/aromatic N) is 3. The maximum Gasteiger partial charge on any atom is 0.309 e. The van der Waals surface area contributed by atoms with Gasteiger partial charge in [-0.1, -0.05) is 29.8 Å². The number of benzene rings is 2. The zero-order valence-electron chi connectivity index (χ0n) is 22.9. The van der Waals surface area contributed by atoms with Crippen LogP contribution in [0, 0.1) is 11.2 Å². The molecule has 3 heterocycles. The molecular formula is C31H38FN3O4. The lowest BCUT2D eigenvalue weighted by Gasteiger charge is -2.46. The molecule has 1 aliphatic carbocycles. The number of hydrogen-bond donors (Lipinski definition) is 1. The third-order valence-electron chi connectivity index (χ3n) is 9.17. The summed E-state index contributed by atoms with van der Waals surface area (Å²) in [6.07, 6.45) is 5.61. The summed E-state index contributed by atoms with van der Waals surface area (Å²) in [5.41, 5.74) is 3.71. The molecular weight excluding hydrogens is 497 g/mol. The third kappa shape index (κ3) is 4.99. The van der Waals surface area contributed by atoms with Gasteiger partial charge in [0.2, 0.25) is 0 Å². The van der Waals surface area contributed by atoms with Crippen molar-refractivity contribution in [2.45, 2.75) is 70.4 Å². The highest BCUT2D eigenvalue weighted by molar-refractivity contribution is 5.85. The van der Waals surface area contributed by atoms with Gasteiger partial charge in [-0.3, -0.25) is 9.69 Å². The molecule has 208 valence electrons. The summed E-state index contributed by atoms with van der Waals surface area (Å²) < 4.78 is 19.8. The molecule has 0 amide bonds. The van der Waals surface area contributed by atoms with Gasteiger partial charge in [-0.2, -0.15) is 0 Å². The van der Waals surface area contributed by atoms with Gasteiger partial charge in [0.1, 0.15) is 17.4 Å². The Labute approximate surface area is 229 Å². The molecule has 0 aromatic heterocycles. The number of ether oxygens (including phenoxy) is 1. The largest absolute Gasteiger partial charge is 0.493 e. The van der Waals surface area contributed by atoms with Crippen LogP contribution < -0.4 is 4.74 Å². The molecule has 0 unspecified atom stereocenters. The number of carboxylic acids is 1. The summed E-state index contributed by atoms with van der Waals surface area (Å²) in [5, 5.41) is 14.0. The van der Waals surface area contributed by atoms with E-state index in [1.807, 2.05) is 26.0 Å². The van der Waals surface area contributed by atoms with Crippen molar-refractivity contribution in [1.82, 2.24) is 9.80 Å². The van der Waals surface area contributed by atoms with E-state index in [0.717, 1.165) is 48.8 Å². The number of oxime groups is 1. The first kappa shape index (κ1) is 26.1. The van der Waals surface area contributed by atoms with E-state index in [1.165, 1.54) is 42.5 Å². The number of carbonyl (C=O) groups is 1. The van der Waals surface area contributed by atoms with Crippen LogP contribution in [0.3, 0.4) is 0 Å². The highest BCUT2D eigenvalue weighted by Gasteiger charge is 2.51. The molecule has 0 radical (unpaired) electrons. The SMILES string of the molecule is CCOc1cc(CN2CC3(CC(N4CCC(C)(C(=O)O)CC4)=NO3)C2)cc(C2CCC2)c1-c1ccc(F)cc1. The molecule has 2 aromatic rings. The standard InChI is InChI=1S/C31H38FN3O4/c1-3-38-26-16-21(15-25(22-5-4-6-22)28(26)23-7-9-24(32)10-8-23)18-34-19-31(20-34)17-27(33-39-31)35-13-11-30(2,12-14-35)29(36)37/h7-10,15-16,22H,3-6,11-14,17-20H2,1-2H3,(H,36,37). The zero-order valence-corrected chi connectivity index (χ0v) is 22.9. The van der Waals surface area contributed by atoms with Gasteiger partial charge in [0.05, 0.1) is 18.4 Å². The summed E-state index contributed by atoms with van der Waals surface area (Å²) in [7, 11) is 0. The van der Waals surface area contributed by atoms with Crippen molar-refractivity contribution in [3.05, 3.63) is 53.3 Å². The van der Waals surface area contributed by atoms with Gasteiger partial charge in [0, 0.05) is 38.3 Å². The molecule has 8 heteroatoms. The molecule has 2 saturated heterocycles. The van der Waals surface area contributed by atoms with E-state index in [1.54, 1.807) is 0 Å². The van der Waals surface area contributed by atoms with Crippen molar-refractivity contribution in [1.29, 1.82) is 0 Å². The molecule has 6 rings (SSSR count). The number of likely N-dealkylation sites (tertiary alicyclic amines) is 2. The molecule has 1 N–H and O–H groups in total. The van der Waals surface area contributed by atoms with Crippen molar-refractivity contribution in [3.63, 3.8) is 0 Å². The van der Waals surface area contributed by atoms with E-state index >= 15 is 0 Å². The summed E-state index contributed by atoms with van der Waals surface area (Å²) in [5.74, 6) is 1.40. The zero-order chi connectivity index (χ0) is 27.2. The monoisotopic (exact) mass is 535 g/mol. The minimum absolute atomic E-state index is 0.231. The third-order valence-corrected chi connectivity index (χ3v) is 9.17. The maximum atomic E-state index is 13.7. The minimum atomic E-state index is -0.712. The predicted octanol–water partition coefficient (Wildman–Crippen LogP) is 5.63. The summed E-state index contributed by atoms with van der Waals surface area (Å²) in [6, 6.07) is 11.2. The summed E-state index contributed by atoms with van der Waals surface area (Å²) >= 11 is 0. The Hall–Kier alpha value is -3.13. The molecule has 7 nitrogen and oxygen atoms in total. The Morgan fingerprint density at radius 1 is 1.18 bits per heavy atom. The van der Waals surface area contributed by atoms with Crippen LogP contribution in [0.4, 0.5) is 4.39 Å². The van der Waals surface area contributed by atoms with Gasteiger partial charge in [0.25, 0.3) is 0 Å². The predicted molar refractivity (Wildman–Crippen MR) is 147 cm³/mol. The van der Waals surface area contributed by atoms with E-state index < -0.39 is 11.4 Å². The van der Waals surface area contributed by atoms with E-state index in [4.69, 9.17) is 9.57 Å². The van der Waals surface area contributed by atoms with Crippen molar-refractivity contribution >= 4 is 11.8 Å². The fourth-order valence-corrected chi connectivity index (χ4v) is 6.48. The second-order valence-corrected chi connectivity index (χ2v) is 12.1. The molecule has 0 bridgehead atoms. The Kier molecular flexibility index (Phi) is 6.78. The first-order chi connectivity index (χ1) is 18.8. The lowest BCUT2D eigenvalue weighted by molar-refractivity contribution is -0.150. The average molecular weight is 536 g/mol. The normalized spacial score (nSPS) is 22.1. The van der Waals surface area contributed by atoms with Crippen LogP contribution in [-0.4, -0.2) is 65.1 Å². The average Bonchev–Trinajstić information content (AvgIpc) is 3.30. The highest BCUT2D eigenvalue weighted by Crippen LogP contribution is 2.46. The lowest BCUT2D eigenvalue weighted by atomic mass is 9.76. The number of halogens is 1. The molecule has 3 fully saturated rings. The lowest BCUT2D eigenvalue weighted by Crippen LogP contribution is -2.61. The quantitative estimate of drug-likeness (QED) is 0.495. The van der Waals surface area contributed by atoms with Crippen LogP contribution in [0.15, 0.2) is 41.6 Å². The van der Waals surface area contributed by atoms with E-state index in [2.05, 4.69) is 27.1 Å². The van der Waals surface area contributed by atoms with Gasteiger partial charge in [-0.25, -0.2) is 4.39 Å². The molecule has 1 spiro atoms. The molecule has 4 aliphatic rings. The second-order valence-electron chi connectivity index (χ2n) is 12.1. The van der Waals surface area contributed by atoms with Crippen LogP contribution in [0.5, 0.6) is 5.75 Å². The molecule has 0 atom stereocenters. The van der Waals surface area contributed by atoms with Crippen LogP contribution in [0.1, 0.15) is 69.4 Å². The molecule has 1 saturated carbocycles. The Morgan fingerprint density at radius 3 is 2.51 bits per heavy atom. The van der Waals surface area contributed by atoms with E-state index in [0.29, 0.717) is 38.5 Å². The molecule has 39 heavy (non-hydrogen) atoms. The van der Waals surface area contributed by atoms with Crippen LogP contribution in [0.2, 0.25) is 0 Å². The second kappa shape index (κ2) is 10.1. The van der Waals surface area contributed by atoms with Crippen LogP contribution >= 0.6 is 0 Å². The highest BCUT2D eigenvalue weighted by atomic mass is 19.1. The van der Waals surface area contributed by atoms with Gasteiger partial charge >= 0.3 is 5.97 Å². The van der Waals surface area contributed by atoms with Crippen LogP contribution in [-0.2, 0) is 16.2 Å². The Morgan fingerprint density at radius 2 is 1.90 bits per heavy atom. The number of piperidine rings is 1. The number of aliphatic carboxylic acids is 1. The van der Waals surface area contributed by atoms with Crippen molar-refractivity contribution in [3.8, 4) is 16.9 Å². The molecule has 2 aromatic carbocycles. The van der Waals surface area contributed by atoms with E-state index in [9.17, 15) is 14.3 Å². The van der Waals surface area contributed by atoms with Gasteiger partial charge in [-0.05, 0) is 80.3 Å². The number of rotatable bonds is 7. The summed E-state index contributed by atoms with van der Waals surface area (Å²) in [6.45, 7) is 8.25. The topological polar surface area (TPSA) is 74.6 Å². The van der Waals surface area contributed by atoms with Gasteiger partial charge in [-0.15, -0.1) is 0 Å². The first-order valence-corrected chi connectivity index (χ1v) is 14.3. The smallest absolute Gasteiger partial charge is 0.309 e. The van der Waals surface area contributed by atoms with Crippen molar-refractivity contribution in [2.75, 3.05) is 32.8 Å². The Balaban J connectivity index is 1.13. The van der Waals surface area contributed by atoms with E-state index in [-0.39, 0.29) is 11.4 Å². The number of hydrogen-bond acceptors (Lipinski definition) is 6. The van der Waals surface area contributed by atoms with Crippen LogP contribution in [0.25, 0.3) is 11.1 Å². The number of amidine groups is 1. The Bertz CT molecular complexity index is 1260. The molecule has 3 aliphatic heterocycles. The van der Waals surface area contributed by atoms with Crippen molar-refractivity contribution < 1.29 is 23.9 Å². The maximum absolute atomic E-state index is 13.7. The van der Waals surface area contributed by atoms with Gasteiger partial charge < -0.3 is 19.6 Å². The number of carboxylic acid groups (broad SMARTS) is 1.